The molecule has 0 spiro atoms. The maximum atomic E-state index is 13.9. The van der Waals surface area contributed by atoms with Crippen molar-refractivity contribution < 1.29 is 19.1 Å². The number of H-pyrrole nitrogens is 1. The molecule has 0 unspecified atom stereocenters. The molecule has 4 aromatic rings. The molecule has 50 heavy (non-hydrogen) atoms. The van der Waals surface area contributed by atoms with Crippen LogP contribution in [-0.2, 0) is 14.3 Å². The Morgan fingerprint density at radius 2 is 1.96 bits per heavy atom. The highest BCUT2D eigenvalue weighted by molar-refractivity contribution is 7.99. The summed E-state index contributed by atoms with van der Waals surface area (Å²) in [7, 11) is 1.27. The van der Waals surface area contributed by atoms with E-state index in [9.17, 15) is 19.6 Å². The van der Waals surface area contributed by atoms with Gasteiger partial charge in [0.1, 0.15) is 24.3 Å². The van der Waals surface area contributed by atoms with E-state index >= 15 is 0 Å². The van der Waals surface area contributed by atoms with Gasteiger partial charge in [-0.3, -0.25) is 14.9 Å². The fourth-order valence-corrected chi connectivity index (χ4v) is 6.99. The van der Waals surface area contributed by atoms with Crippen LogP contribution >= 0.6 is 23.4 Å². The van der Waals surface area contributed by atoms with E-state index in [2.05, 4.69) is 47.5 Å². The highest BCUT2D eigenvalue weighted by Gasteiger charge is 2.29. The molecule has 2 bridgehead atoms. The van der Waals surface area contributed by atoms with Gasteiger partial charge >= 0.3 is 6.09 Å². The first-order valence-corrected chi connectivity index (χ1v) is 17.5. The number of methoxy groups -OCH3 is 1. The Hall–Kier alpha value is -5.40. The Kier molecular flexibility index (Phi) is 10.9. The van der Waals surface area contributed by atoms with Crippen LogP contribution < -0.4 is 16.0 Å². The number of nitrogens with one attached hydrogen (secondary N) is 4. The monoisotopic (exact) mass is 715 g/mol. The summed E-state index contributed by atoms with van der Waals surface area (Å²) in [5, 5.41) is 31.1. The van der Waals surface area contributed by atoms with Crippen LogP contribution in [0.5, 0.6) is 0 Å². The molecule has 0 saturated carbocycles. The number of hydrogen-bond donors (Lipinski definition) is 4. The molecule has 0 radical (unpaired) electrons. The average molecular weight is 716 g/mol. The first-order chi connectivity index (χ1) is 24.3. The number of aromatic nitrogens is 6. The van der Waals surface area contributed by atoms with Crippen LogP contribution in [0.25, 0.3) is 23.0 Å². The zero-order valence-corrected chi connectivity index (χ0v) is 28.6. The highest BCUT2D eigenvalue weighted by Crippen LogP contribution is 2.35. The highest BCUT2D eigenvalue weighted by atomic mass is 35.5. The fourth-order valence-electron chi connectivity index (χ4n) is 5.91. The van der Waals surface area contributed by atoms with Gasteiger partial charge in [0.25, 0.3) is 0 Å². The van der Waals surface area contributed by atoms with Crippen LogP contribution in [0.15, 0.2) is 48.8 Å². The molecule has 4 heterocycles. The van der Waals surface area contributed by atoms with Gasteiger partial charge in [-0.2, -0.15) is 21.7 Å². The van der Waals surface area contributed by atoms with E-state index in [1.807, 2.05) is 16.7 Å². The van der Waals surface area contributed by atoms with E-state index in [1.54, 1.807) is 42.5 Å². The van der Waals surface area contributed by atoms with Crippen molar-refractivity contribution in [3.05, 3.63) is 70.9 Å². The summed E-state index contributed by atoms with van der Waals surface area (Å²) >= 11 is 8.07. The second-order valence-electron chi connectivity index (χ2n) is 11.6. The molecule has 17 heteroatoms. The van der Waals surface area contributed by atoms with Crippen LogP contribution in [-0.4, -0.2) is 90.7 Å². The van der Waals surface area contributed by atoms with Crippen molar-refractivity contribution in [2.75, 3.05) is 42.3 Å². The predicted octanol–water partition coefficient (Wildman–Crippen LogP) is 4.56. The van der Waals surface area contributed by atoms with Gasteiger partial charge in [0.15, 0.2) is 5.69 Å². The normalized spacial score (nSPS) is 17.7. The Balaban J connectivity index is 1.32. The molecule has 258 valence electrons. The Morgan fingerprint density at radius 3 is 2.72 bits per heavy atom. The lowest BCUT2D eigenvalue weighted by Crippen LogP contribution is -2.46. The summed E-state index contributed by atoms with van der Waals surface area (Å²) in [6.45, 7) is 1.32. The van der Waals surface area contributed by atoms with Crippen molar-refractivity contribution in [2.24, 2.45) is 0 Å². The number of rotatable bonds is 6. The zero-order chi connectivity index (χ0) is 35.0. The molecule has 2 aromatic heterocycles. The number of ether oxygens (including phenoxy) is 1. The molecular formula is C33H34ClN11O4S. The molecule has 4 N–H and O–H groups in total. The van der Waals surface area contributed by atoms with E-state index in [0.717, 1.165) is 11.5 Å². The number of benzene rings is 2. The van der Waals surface area contributed by atoms with Gasteiger partial charge in [0.2, 0.25) is 11.8 Å². The molecule has 0 aliphatic carbocycles. The van der Waals surface area contributed by atoms with Crippen molar-refractivity contribution in [1.82, 2.24) is 40.4 Å². The Morgan fingerprint density at radius 1 is 1.14 bits per heavy atom. The Labute approximate surface area is 296 Å². The van der Waals surface area contributed by atoms with Gasteiger partial charge in [-0.05, 0) is 65.7 Å². The minimum absolute atomic E-state index is 0.0116. The van der Waals surface area contributed by atoms with Gasteiger partial charge < -0.3 is 25.3 Å². The van der Waals surface area contributed by atoms with Crippen molar-refractivity contribution in [3.8, 4) is 23.0 Å². The standard InChI is InChI=1S/C33H34ClN11O4S/c1-49-33(48)37-22-8-9-23-26(17-22)38-25(32(47)44-12-14-50-15-13-44)5-3-2-4-24(31-40-27(18-35)30(23)41-31)39-29(46)11-6-20-16-21(34)7-10-28(20)45-19-36-42-43-45/h6-11,16-17,19,24-25,38H,2-5,12-15H2,1H3,(H,37,48)(H,39,46)(H,40,41)/b11-6+/t24-,25+/m0/s1. The van der Waals surface area contributed by atoms with Gasteiger partial charge in [-0.1, -0.05) is 24.4 Å². The third kappa shape index (κ3) is 8.07. The molecule has 2 atom stereocenters. The largest absolute Gasteiger partial charge is 0.453 e. The average Bonchev–Trinajstić information content (AvgIpc) is 3.82. The van der Waals surface area contributed by atoms with E-state index in [1.165, 1.54) is 24.2 Å². The fraction of sp³-hybridized carbons (Fsp3) is 0.333. The second-order valence-corrected chi connectivity index (χ2v) is 13.3. The summed E-state index contributed by atoms with van der Waals surface area (Å²) in [6.07, 6.45) is 6.16. The smallest absolute Gasteiger partial charge is 0.411 e. The molecule has 2 aliphatic heterocycles. The molecule has 6 rings (SSSR count). The van der Waals surface area contributed by atoms with Crippen LogP contribution in [0.1, 0.15) is 48.8 Å². The van der Waals surface area contributed by atoms with Crippen molar-refractivity contribution in [2.45, 2.75) is 37.8 Å². The van der Waals surface area contributed by atoms with E-state index < -0.39 is 24.1 Å². The number of carbonyl (C=O) groups is 3. The van der Waals surface area contributed by atoms with E-state index in [0.29, 0.717) is 83.5 Å². The predicted molar refractivity (Wildman–Crippen MR) is 189 cm³/mol. The maximum Gasteiger partial charge on any atom is 0.411 e. The molecule has 1 fully saturated rings. The number of anilines is 2. The summed E-state index contributed by atoms with van der Waals surface area (Å²) in [5.74, 6) is 1.76. The summed E-state index contributed by atoms with van der Waals surface area (Å²) in [5.41, 5.74) is 3.33. The van der Waals surface area contributed by atoms with Gasteiger partial charge in [0, 0.05) is 58.2 Å². The molecule has 3 amide bonds. The zero-order valence-electron chi connectivity index (χ0n) is 27.1. The Bertz CT molecular complexity index is 1940. The molecule has 1 saturated heterocycles. The number of nitrogens with zero attached hydrogens (tertiary/aromatic N) is 7. The topological polar surface area (TPSA) is 196 Å². The molecule has 15 nitrogen and oxygen atoms in total. The van der Waals surface area contributed by atoms with E-state index in [4.69, 9.17) is 16.3 Å². The minimum Gasteiger partial charge on any atom is -0.453 e. The van der Waals surface area contributed by atoms with Crippen LogP contribution in [0, 0.1) is 11.3 Å². The van der Waals surface area contributed by atoms with Crippen molar-refractivity contribution >= 4 is 58.7 Å². The van der Waals surface area contributed by atoms with Crippen molar-refractivity contribution in [1.29, 1.82) is 5.26 Å². The van der Waals surface area contributed by atoms with Gasteiger partial charge in [-0.25, -0.2) is 9.78 Å². The van der Waals surface area contributed by atoms with Crippen LogP contribution in [0.2, 0.25) is 5.02 Å². The number of nitriles is 1. The lowest BCUT2D eigenvalue weighted by Gasteiger charge is -2.31. The maximum absolute atomic E-state index is 13.9. The third-order valence-corrected chi connectivity index (χ3v) is 9.56. The second kappa shape index (κ2) is 15.9. The number of halogens is 1. The quantitative estimate of drug-likeness (QED) is 0.204. The SMILES string of the molecule is COC(=O)Nc1ccc2c(c1)N[C@@H](C(=O)N1CCSCC1)CCCC[C@H](NC(=O)/C=C/c1cc(Cl)ccc1-n1cnnn1)c1nc(C#N)c-2[nH]1. The minimum atomic E-state index is -0.646. The first kappa shape index (κ1) is 34.5. The number of tetrazole rings is 1. The lowest BCUT2D eigenvalue weighted by molar-refractivity contribution is -0.131. The number of aromatic amines is 1. The number of imidazole rings is 1. The lowest BCUT2D eigenvalue weighted by atomic mass is 10.0. The number of thioether (sulfide) groups is 1. The number of fused-ring (bicyclic) bond motifs is 4. The third-order valence-electron chi connectivity index (χ3n) is 8.38. The number of hydrogen-bond acceptors (Lipinski definition) is 11. The van der Waals surface area contributed by atoms with Crippen LogP contribution in [0.4, 0.5) is 16.2 Å². The van der Waals surface area contributed by atoms with Gasteiger partial charge in [0.05, 0.1) is 24.5 Å². The molecule has 2 aliphatic rings. The van der Waals surface area contributed by atoms with E-state index in [-0.39, 0.29) is 11.6 Å². The molecule has 2 aromatic carbocycles. The van der Waals surface area contributed by atoms with Gasteiger partial charge in [-0.15, -0.1) is 5.10 Å². The molecular weight excluding hydrogens is 682 g/mol. The summed E-state index contributed by atoms with van der Waals surface area (Å²) in [4.78, 5) is 49.1. The van der Waals surface area contributed by atoms with Crippen molar-refractivity contribution in [3.63, 3.8) is 0 Å². The summed E-state index contributed by atoms with van der Waals surface area (Å²) < 4.78 is 6.25. The first-order valence-electron chi connectivity index (χ1n) is 16.0. The number of amides is 3. The summed E-state index contributed by atoms with van der Waals surface area (Å²) in [6, 6.07) is 11.3. The van der Waals surface area contributed by atoms with Crippen LogP contribution in [0.3, 0.4) is 0 Å². The number of carbonyl (C=O) groups excluding carboxylic acids is 3.